The van der Waals surface area contributed by atoms with Crippen molar-refractivity contribution < 1.29 is 13.9 Å². The fourth-order valence-corrected chi connectivity index (χ4v) is 4.19. The van der Waals surface area contributed by atoms with Crippen LogP contribution in [-0.2, 0) is 0 Å². The molecule has 4 rings (SSSR count). The van der Waals surface area contributed by atoms with E-state index in [2.05, 4.69) is 27.5 Å². The average molecular weight is 445 g/mol. The minimum absolute atomic E-state index is 0.150. The highest BCUT2D eigenvalue weighted by Crippen LogP contribution is 2.32. The first-order valence-electron chi connectivity index (χ1n) is 10.5. The molecule has 1 aliphatic carbocycles. The summed E-state index contributed by atoms with van der Waals surface area (Å²) in [5.41, 5.74) is 2.27. The van der Waals surface area contributed by atoms with E-state index in [0.717, 1.165) is 25.7 Å². The number of hydrogen-bond donors (Lipinski definition) is 3. The number of ether oxygens (including phenoxy) is 1. The third kappa shape index (κ3) is 4.46. The molecule has 0 radical (unpaired) electrons. The molecule has 1 saturated carbocycles. The van der Waals surface area contributed by atoms with Crippen molar-refractivity contribution in [3.05, 3.63) is 46.2 Å². The van der Waals surface area contributed by atoms with E-state index < -0.39 is 5.82 Å². The normalized spacial score (nSPS) is 18.7. The topological polar surface area (TPSA) is 79.0 Å². The maximum Gasteiger partial charge on any atom is 0.255 e. The number of hydrogen-bond acceptors (Lipinski definition) is 4. The first kappa shape index (κ1) is 21.4. The lowest BCUT2D eigenvalue weighted by Crippen LogP contribution is -2.37. The van der Waals surface area contributed by atoms with Gasteiger partial charge in [0.1, 0.15) is 5.75 Å². The zero-order valence-electron chi connectivity index (χ0n) is 17.8. The number of halogens is 2. The fraction of sp³-hybridized carbons (Fsp3) is 0.391. The molecule has 0 aliphatic heterocycles. The molecular formula is C23H26ClFN4O2. The van der Waals surface area contributed by atoms with Crippen molar-refractivity contribution in [2.75, 3.05) is 12.4 Å². The molecule has 3 aromatic rings. The van der Waals surface area contributed by atoms with Crippen molar-refractivity contribution in [3.63, 3.8) is 0 Å². The maximum absolute atomic E-state index is 14.5. The number of aromatic nitrogens is 2. The molecule has 0 saturated heterocycles. The molecule has 1 heterocycles. The SMILES string of the molecule is COc1cc2[nH]c(Nc3c(Cl)ccc(C)c3F)nc2cc1C(=O)N[C@H]1CC[C@H](C)CC1. The van der Waals surface area contributed by atoms with E-state index in [9.17, 15) is 9.18 Å². The molecule has 0 bridgehead atoms. The molecule has 1 fully saturated rings. The molecule has 2 aromatic carbocycles. The summed E-state index contributed by atoms with van der Waals surface area (Å²) in [5, 5.41) is 6.29. The van der Waals surface area contributed by atoms with Crippen LogP contribution >= 0.6 is 11.6 Å². The average Bonchev–Trinajstić information content (AvgIpc) is 3.16. The van der Waals surface area contributed by atoms with E-state index in [4.69, 9.17) is 16.3 Å². The van der Waals surface area contributed by atoms with Crippen molar-refractivity contribution >= 4 is 40.2 Å². The lowest BCUT2D eigenvalue weighted by atomic mass is 9.87. The predicted molar refractivity (Wildman–Crippen MR) is 121 cm³/mol. The van der Waals surface area contributed by atoms with Crippen LogP contribution in [0.4, 0.5) is 16.0 Å². The lowest BCUT2D eigenvalue weighted by molar-refractivity contribution is 0.0920. The molecule has 0 unspecified atom stereocenters. The Morgan fingerprint density at radius 1 is 1.26 bits per heavy atom. The molecule has 0 atom stereocenters. The summed E-state index contributed by atoms with van der Waals surface area (Å²) in [6, 6.07) is 6.82. The third-order valence-electron chi connectivity index (χ3n) is 5.93. The van der Waals surface area contributed by atoms with Gasteiger partial charge in [0.15, 0.2) is 5.82 Å². The van der Waals surface area contributed by atoms with Crippen molar-refractivity contribution in [1.29, 1.82) is 0 Å². The van der Waals surface area contributed by atoms with Crippen LogP contribution in [0.1, 0.15) is 48.5 Å². The molecule has 3 N–H and O–H groups in total. The molecule has 1 aromatic heterocycles. The van der Waals surface area contributed by atoms with Gasteiger partial charge >= 0.3 is 0 Å². The molecule has 1 amide bonds. The van der Waals surface area contributed by atoms with Crippen LogP contribution in [0.3, 0.4) is 0 Å². The van der Waals surface area contributed by atoms with Gasteiger partial charge in [-0.25, -0.2) is 9.37 Å². The van der Waals surface area contributed by atoms with E-state index in [-0.39, 0.29) is 22.7 Å². The number of anilines is 2. The maximum atomic E-state index is 14.5. The highest BCUT2D eigenvalue weighted by atomic mass is 35.5. The fourth-order valence-electron chi connectivity index (χ4n) is 4.00. The summed E-state index contributed by atoms with van der Waals surface area (Å²) in [7, 11) is 1.53. The Morgan fingerprint density at radius 2 is 2.00 bits per heavy atom. The van der Waals surface area contributed by atoms with Gasteiger partial charge in [-0.2, -0.15) is 0 Å². The van der Waals surface area contributed by atoms with Crippen LogP contribution in [0.15, 0.2) is 24.3 Å². The molecule has 1 aliphatic rings. The Hall–Kier alpha value is -2.80. The molecule has 164 valence electrons. The molecule has 6 nitrogen and oxygen atoms in total. The van der Waals surface area contributed by atoms with Gasteiger partial charge in [0, 0.05) is 12.1 Å². The second-order valence-electron chi connectivity index (χ2n) is 8.26. The first-order chi connectivity index (χ1) is 14.9. The number of carbonyl (C=O) groups is 1. The van der Waals surface area contributed by atoms with Gasteiger partial charge in [0.25, 0.3) is 5.91 Å². The predicted octanol–water partition coefficient (Wildman–Crippen LogP) is 5.72. The summed E-state index contributed by atoms with van der Waals surface area (Å²) < 4.78 is 19.9. The number of carbonyl (C=O) groups excluding carboxylic acids is 1. The lowest BCUT2D eigenvalue weighted by Gasteiger charge is -2.27. The minimum atomic E-state index is -0.438. The summed E-state index contributed by atoms with van der Waals surface area (Å²) in [4.78, 5) is 20.5. The third-order valence-corrected chi connectivity index (χ3v) is 6.24. The van der Waals surface area contributed by atoms with Crippen LogP contribution < -0.4 is 15.4 Å². The number of nitrogens with one attached hydrogen (secondary N) is 3. The zero-order chi connectivity index (χ0) is 22.1. The van der Waals surface area contributed by atoms with Gasteiger partial charge in [0.2, 0.25) is 5.95 Å². The first-order valence-corrected chi connectivity index (χ1v) is 10.8. The van der Waals surface area contributed by atoms with Crippen molar-refractivity contribution in [1.82, 2.24) is 15.3 Å². The number of imidazole rings is 1. The van der Waals surface area contributed by atoms with E-state index >= 15 is 0 Å². The van der Waals surface area contributed by atoms with Crippen molar-refractivity contribution in [3.8, 4) is 5.75 Å². The summed E-state index contributed by atoms with van der Waals surface area (Å²) in [6.07, 6.45) is 4.20. The van der Waals surface area contributed by atoms with E-state index in [1.807, 2.05) is 0 Å². The minimum Gasteiger partial charge on any atom is -0.496 e. The Labute approximate surface area is 185 Å². The summed E-state index contributed by atoms with van der Waals surface area (Å²) >= 11 is 6.15. The van der Waals surface area contributed by atoms with Gasteiger partial charge in [-0.15, -0.1) is 0 Å². The van der Waals surface area contributed by atoms with Crippen LogP contribution in [-0.4, -0.2) is 29.0 Å². The Bertz CT molecular complexity index is 1120. The monoisotopic (exact) mass is 444 g/mol. The van der Waals surface area contributed by atoms with Crippen molar-refractivity contribution in [2.45, 2.75) is 45.6 Å². The highest BCUT2D eigenvalue weighted by molar-refractivity contribution is 6.33. The van der Waals surface area contributed by atoms with Crippen LogP contribution in [0.2, 0.25) is 5.02 Å². The Kier molecular flexibility index (Phi) is 6.05. The van der Waals surface area contributed by atoms with Gasteiger partial charge in [-0.3, -0.25) is 4.79 Å². The standard InChI is InChI=1S/C23H26ClFN4O2/c1-12-4-7-14(8-5-12)26-22(30)15-10-17-18(11-19(15)31-3)28-23(27-17)29-21-16(24)9-6-13(2)20(21)25/h6,9-12,14H,4-5,7-8H2,1-3H3,(H,26,30)(H2,27,28,29)/t12-,14-. The Balaban J connectivity index is 1.60. The van der Waals surface area contributed by atoms with Gasteiger partial charge < -0.3 is 20.4 Å². The van der Waals surface area contributed by atoms with Gasteiger partial charge in [-0.1, -0.05) is 24.6 Å². The number of rotatable bonds is 5. The highest BCUT2D eigenvalue weighted by Gasteiger charge is 2.23. The van der Waals surface area contributed by atoms with Gasteiger partial charge in [0.05, 0.1) is 34.4 Å². The Morgan fingerprint density at radius 3 is 2.71 bits per heavy atom. The zero-order valence-corrected chi connectivity index (χ0v) is 18.6. The number of benzene rings is 2. The summed E-state index contributed by atoms with van der Waals surface area (Å²) in [6.45, 7) is 3.91. The molecule has 8 heteroatoms. The molecule has 31 heavy (non-hydrogen) atoms. The van der Waals surface area contributed by atoms with Gasteiger partial charge in [-0.05, 0) is 56.2 Å². The van der Waals surface area contributed by atoms with Crippen LogP contribution in [0.5, 0.6) is 5.75 Å². The largest absolute Gasteiger partial charge is 0.496 e. The summed E-state index contributed by atoms with van der Waals surface area (Å²) in [5.74, 6) is 0.864. The molecular weight excluding hydrogens is 419 g/mol. The smallest absolute Gasteiger partial charge is 0.255 e. The number of methoxy groups -OCH3 is 1. The second-order valence-corrected chi connectivity index (χ2v) is 8.67. The van der Waals surface area contributed by atoms with E-state index in [1.165, 1.54) is 7.11 Å². The second kappa shape index (κ2) is 8.75. The van der Waals surface area contributed by atoms with E-state index in [0.29, 0.717) is 39.8 Å². The van der Waals surface area contributed by atoms with Crippen molar-refractivity contribution in [2.24, 2.45) is 5.92 Å². The number of amides is 1. The number of aryl methyl sites for hydroxylation is 1. The number of H-pyrrole nitrogens is 1. The number of aromatic amines is 1. The van der Waals surface area contributed by atoms with Crippen LogP contribution in [0, 0.1) is 18.7 Å². The number of fused-ring (bicyclic) bond motifs is 1. The van der Waals surface area contributed by atoms with E-state index in [1.54, 1.807) is 31.2 Å². The van der Waals surface area contributed by atoms with Crippen LogP contribution in [0.25, 0.3) is 11.0 Å². The number of nitrogens with zero attached hydrogens (tertiary/aromatic N) is 1. The molecule has 0 spiro atoms. The quantitative estimate of drug-likeness (QED) is 0.470.